The van der Waals surface area contributed by atoms with Gasteiger partial charge in [-0.15, -0.1) is 0 Å². The lowest BCUT2D eigenvalue weighted by Gasteiger charge is -2.33. The van der Waals surface area contributed by atoms with Crippen LogP contribution in [0.4, 0.5) is 0 Å². The van der Waals surface area contributed by atoms with Gasteiger partial charge in [0.15, 0.2) is 0 Å². The zero-order valence-corrected chi connectivity index (χ0v) is 12.9. The van der Waals surface area contributed by atoms with Gasteiger partial charge in [0.25, 0.3) is 0 Å². The van der Waals surface area contributed by atoms with Gasteiger partial charge in [-0.1, -0.05) is 0 Å². The summed E-state index contributed by atoms with van der Waals surface area (Å²) in [5, 5.41) is 6.37. The molecule has 2 aliphatic rings. The van der Waals surface area contributed by atoms with Gasteiger partial charge in [0.1, 0.15) is 0 Å². The Balaban J connectivity index is 1.81. The van der Waals surface area contributed by atoms with Crippen LogP contribution in [-0.4, -0.2) is 62.8 Å². The standard InChI is InChI=1S/C15H29N3O2/c1-12(15(19)17-9-10-20-2)18(14-3-4-14)11-13-5-7-16-8-6-13/h12-14,16H,3-11H2,1-2H3,(H,17,19). The van der Waals surface area contributed by atoms with Crippen molar-refractivity contribution in [2.75, 3.05) is 39.9 Å². The average Bonchev–Trinajstić information content (AvgIpc) is 3.30. The molecular formula is C15H29N3O2. The monoisotopic (exact) mass is 283 g/mol. The number of ether oxygens (including phenoxy) is 1. The highest BCUT2D eigenvalue weighted by molar-refractivity contribution is 5.81. The number of hydrogen-bond acceptors (Lipinski definition) is 4. The molecule has 5 heteroatoms. The normalized spacial score (nSPS) is 21.9. The lowest BCUT2D eigenvalue weighted by molar-refractivity contribution is -0.126. The summed E-state index contributed by atoms with van der Waals surface area (Å²) in [6, 6.07) is 0.613. The molecule has 0 spiro atoms. The molecule has 2 N–H and O–H groups in total. The minimum Gasteiger partial charge on any atom is -0.383 e. The summed E-state index contributed by atoms with van der Waals surface area (Å²) in [5.74, 6) is 0.883. The molecule has 1 heterocycles. The van der Waals surface area contributed by atoms with Gasteiger partial charge in [0, 0.05) is 26.2 Å². The first kappa shape index (κ1) is 15.7. The maximum absolute atomic E-state index is 12.2. The zero-order valence-electron chi connectivity index (χ0n) is 12.9. The SMILES string of the molecule is COCCNC(=O)C(C)N(CC1CCNCC1)C1CC1. The van der Waals surface area contributed by atoms with E-state index in [1.54, 1.807) is 7.11 Å². The van der Waals surface area contributed by atoms with E-state index in [9.17, 15) is 4.79 Å². The molecule has 116 valence electrons. The molecule has 0 aromatic heterocycles. The average molecular weight is 283 g/mol. The molecule has 1 saturated carbocycles. The second-order valence-electron chi connectivity index (χ2n) is 6.08. The number of hydrogen-bond donors (Lipinski definition) is 2. The van der Waals surface area contributed by atoms with Crippen molar-refractivity contribution >= 4 is 5.91 Å². The van der Waals surface area contributed by atoms with E-state index in [-0.39, 0.29) is 11.9 Å². The fourth-order valence-electron chi connectivity index (χ4n) is 2.97. The molecule has 1 saturated heterocycles. The van der Waals surface area contributed by atoms with Crippen molar-refractivity contribution in [1.82, 2.24) is 15.5 Å². The molecule has 2 rings (SSSR count). The third-order valence-electron chi connectivity index (χ3n) is 4.43. The Kier molecular flexibility index (Phi) is 6.26. The van der Waals surface area contributed by atoms with Crippen molar-refractivity contribution in [2.45, 2.75) is 44.7 Å². The molecule has 2 fully saturated rings. The molecule has 1 amide bonds. The summed E-state index contributed by atoms with van der Waals surface area (Å²) in [7, 11) is 1.66. The second-order valence-corrected chi connectivity index (χ2v) is 6.08. The minimum atomic E-state index is -0.0192. The van der Waals surface area contributed by atoms with Crippen molar-refractivity contribution in [3.8, 4) is 0 Å². The van der Waals surface area contributed by atoms with Gasteiger partial charge in [0.05, 0.1) is 12.6 Å². The van der Waals surface area contributed by atoms with Gasteiger partial charge in [-0.05, 0) is 51.6 Å². The van der Waals surface area contributed by atoms with E-state index >= 15 is 0 Å². The Morgan fingerprint density at radius 1 is 1.35 bits per heavy atom. The number of amides is 1. The first-order valence-corrected chi connectivity index (χ1v) is 7.95. The van der Waals surface area contributed by atoms with Crippen LogP contribution in [0.2, 0.25) is 0 Å². The Bertz CT molecular complexity index is 301. The van der Waals surface area contributed by atoms with Gasteiger partial charge < -0.3 is 15.4 Å². The summed E-state index contributed by atoms with van der Waals surface area (Å²) in [6.45, 7) is 6.55. The van der Waals surface area contributed by atoms with E-state index in [4.69, 9.17) is 4.74 Å². The molecule has 1 aliphatic carbocycles. The van der Waals surface area contributed by atoms with E-state index in [0.717, 1.165) is 25.6 Å². The number of methoxy groups -OCH3 is 1. The maximum atomic E-state index is 12.2. The van der Waals surface area contributed by atoms with Crippen LogP contribution in [-0.2, 0) is 9.53 Å². The highest BCUT2D eigenvalue weighted by Gasteiger charge is 2.36. The third-order valence-corrected chi connectivity index (χ3v) is 4.43. The molecule has 0 radical (unpaired) electrons. The Morgan fingerprint density at radius 3 is 2.65 bits per heavy atom. The minimum absolute atomic E-state index is 0.0192. The van der Waals surface area contributed by atoms with Crippen LogP contribution in [0, 0.1) is 5.92 Å². The fraction of sp³-hybridized carbons (Fsp3) is 0.933. The molecule has 1 atom stereocenters. The molecule has 0 aromatic rings. The number of rotatable bonds is 8. The molecule has 1 unspecified atom stereocenters. The summed E-state index contributed by atoms with van der Waals surface area (Å²) < 4.78 is 4.98. The van der Waals surface area contributed by atoms with Crippen molar-refractivity contribution in [1.29, 1.82) is 0 Å². The van der Waals surface area contributed by atoms with Gasteiger partial charge >= 0.3 is 0 Å². The molecule has 20 heavy (non-hydrogen) atoms. The van der Waals surface area contributed by atoms with Crippen LogP contribution >= 0.6 is 0 Å². The predicted molar refractivity (Wildman–Crippen MR) is 79.7 cm³/mol. The second kappa shape index (κ2) is 7.96. The molecule has 0 aromatic carbocycles. The lowest BCUT2D eigenvalue weighted by atomic mass is 9.97. The predicted octanol–water partition coefficient (Wildman–Crippen LogP) is 0.602. The van der Waals surface area contributed by atoms with E-state index in [1.165, 1.54) is 25.7 Å². The number of nitrogens with zero attached hydrogens (tertiary/aromatic N) is 1. The number of carbonyl (C=O) groups is 1. The van der Waals surface area contributed by atoms with E-state index in [2.05, 4.69) is 15.5 Å². The lowest BCUT2D eigenvalue weighted by Crippen LogP contribution is -2.49. The van der Waals surface area contributed by atoms with Crippen LogP contribution in [0.3, 0.4) is 0 Å². The number of carbonyl (C=O) groups excluding carboxylic acids is 1. The largest absolute Gasteiger partial charge is 0.383 e. The summed E-state index contributed by atoms with van der Waals surface area (Å²) >= 11 is 0. The Hall–Kier alpha value is -0.650. The van der Waals surface area contributed by atoms with E-state index < -0.39 is 0 Å². The van der Waals surface area contributed by atoms with Gasteiger partial charge in [-0.2, -0.15) is 0 Å². The molecule has 1 aliphatic heterocycles. The van der Waals surface area contributed by atoms with Gasteiger partial charge in [-0.3, -0.25) is 9.69 Å². The highest BCUT2D eigenvalue weighted by Crippen LogP contribution is 2.30. The topological polar surface area (TPSA) is 53.6 Å². The summed E-state index contributed by atoms with van der Waals surface area (Å²) in [6.07, 6.45) is 4.98. The quantitative estimate of drug-likeness (QED) is 0.641. The third kappa shape index (κ3) is 4.72. The van der Waals surface area contributed by atoms with Crippen molar-refractivity contribution < 1.29 is 9.53 Å². The van der Waals surface area contributed by atoms with Crippen molar-refractivity contribution in [3.05, 3.63) is 0 Å². The van der Waals surface area contributed by atoms with E-state index in [1.807, 2.05) is 6.92 Å². The maximum Gasteiger partial charge on any atom is 0.237 e. The Labute approximate surface area is 122 Å². The molecular weight excluding hydrogens is 254 g/mol. The first-order valence-electron chi connectivity index (χ1n) is 7.95. The molecule has 5 nitrogen and oxygen atoms in total. The van der Waals surface area contributed by atoms with Crippen LogP contribution in [0.15, 0.2) is 0 Å². The highest BCUT2D eigenvalue weighted by atomic mass is 16.5. The zero-order chi connectivity index (χ0) is 14.4. The van der Waals surface area contributed by atoms with Crippen LogP contribution in [0.5, 0.6) is 0 Å². The van der Waals surface area contributed by atoms with Gasteiger partial charge in [0.2, 0.25) is 5.91 Å². The fourth-order valence-corrected chi connectivity index (χ4v) is 2.97. The summed E-state index contributed by atoms with van der Waals surface area (Å²) in [5.41, 5.74) is 0. The Morgan fingerprint density at radius 2 is 2.05 bits per heavy atom. The van der Waals surface area contributed by atoms with Crippen LogP contribution in [0.25, 0.3) is 0 Å². The van der Waals surface area contributed by atoms with Gasteiger partial charge in [-0.25, -0.2) is 0 Å². The van der Waals surface area contributed by atoms with Crippen LogP contribution in [0.1, 0.15) is 32.6 Å². The first-order chi connectivity index (χ1) is 9.72. The number of nitrogens with one attached hydrogen (secondary N) is 2. The van der Waals surface area contributed by atoms with Crippen molar-refractivity contribution in [3.63, 3.8) is 0 Å². The smallest absolute Gasteiger partial charge is 0.237 e. The summed E-state index contributed by atoms with van der Waals surface area (Å²) in [4.78, 5) is 14.6. The number of piperidine rings is 1. The molecule has 0 bridgehead atoms. The van der Waals surface area contributed by atoms with Crippen LogP contribution < -0.4 is 10.6 Å². The van der Waals surface area contributed by atoms with Crippen molar-refractivity contribution in [2.24, 2.45) is 5.92 Å². The van der Waals surface area contributed by atoms with E-state index in [0.29, 0.717) is 19.2 Å².